The second-order valence-electron chi connectivity index (χ2n) is 5.80. The van der Waals surface area contributed by atoms with Gasteiger partial charge in [-0.1, -0.05) is 5.16 Å². The predicted octanol–water partition coefficient (Wildman–Crippen LogP) is 1.95. The number of hydrogen-bond acceptors (Lipinski definition) is 4. The van der Waals surface area contributed by atoms with Gasteiger partial charge in [-0.2, -0.15) is 0 Å². The molecule has 4 nitrogen and oxygen atoms in total. The van der Waals surface area contributed by atoms with E-state index < -0.39 is 0 Å². The van der Waals surface area contributed by atoms with Crippen LogP contribution in [0.15, 0.2) is 10.6 Å². The Kier molecular flexibility index (Phi) is 3.66. The van der Waals surface area contributed by atoms with Gasteiger partial charge in [0.1, 0.15) is 5.76 Å². The molecule has 1 unspecified atom stereocenters. The van der Waals surface area contributed by atoms with Crippen molar-refractivity contribution in [1.29, 1.82) is 0 Å². The molecule has 1 aromatic rings. The van der Waals surface area contributed by atoms with Crippen molar-refractivity contribution in [2.24, 2.45) is 5.92 Å². The number of piperidine rings is 1. The van der Waals surface area contributed by atoms with E-state index in [1.807, 2.05) is 6.92 Å². The quantitative estimate of drug-likeness (QED) is 0.866. The molecule has 1 saturated carbocycles. The molecule has 1 aliphatic heterocycles. The Hall–Kier alpha value is -0.870. The lowest BCUT2D eigenvalue weighted by atomic mass is 9.99. The summed E-state index contributed by atoms with van der Waals surface area (Å²) in [5, 5.41) is 7.63. The Balaban J connectivity index is 1.57. The second-order valence-corrected chi connectivity index (χ2v) is 5.80. The highest BCUT2D eigenvalue weighted by atomic mass is 16.5. The first-order valence-corrected chi connectivity index (χ1v) is 7.18. The van der Waals surface area contributed by atoms with Gasteiger partial charge < -0.3 is 9.84 Å². The molecule has 2 fully saturated rings. The number of aryl methyl sites for hydroxylation is 1. The molecule has 1 aromatic heterocycles. The van der Waals surface area contributed by atoms with Crippen molar-refractivity contribution in [1.82, 2.24) is 15.4 Å². The van der Waals surface area contributed by atoms with E-state index in [9.17, 15) is 0 Å². The molecule has 0 aromatic carbocycles. The first-order chi connectivity index (χ1) is 8.81. The molecule has 1 aliphatic carbocycles. The Bertz CT molecular complexity index is 380. The molecule has 1 N–H and O–H groups in total. The fourth-order valence-electron chi connectivity index (χ4n) is 2.89. The SMILES string of the molecule is Cc1cc(CN(CC2CCCNC2)C2CC2)no1. The van der Waals surface area contributed by atoms with Crippen LogP contribution in [0.4, 0.5) is 0 Å². The molecule has 0 radical (unpaired) electrons. The average Bonchev–Trinajstić information content (AvgIpc) is 3.15. The van der Waals surface area contributed by atoms with Crippen LogP contribution in [0, 0.1) is 12.8 Å². The van der Waals surface area contributed by atoms with Crippen LogP contribution >= 0.6 is 0 Å². The minimum Gasteiger partial charge on any atom is -0.361 e. The molecule has 1 saturated heterocycles. The monoisotopic (exact) mass is 249 g/mol. The van der Waals surface area contributed by atoms with Crippen molar-refractivity contribution in [2.45, 2.75) is 45.2 Å². The zero-order valence-electron chi connectivity index (χ0n) is 11.2. The summed E-state index contributed by atoms with van der Waals surface area (Å²) in [5.41, 5.74) is 1.09. The molecule has 3 rings (SSSR count). The molecule has 0 amide bonds. The first-order valence-electron chi connectivity index (χ1n) is 7.18. The predicted molar refractivity (Wildman–Crippen MR) is 70.3 cm³/mol. The van der Waals surface area contributed by atoms with Gasteiger partial charge in [0.15, 0.2) is 0 Å². The average molecular weight is 249 g/mol. The Morgan fingerprint density at radius 1 is 1.44 bits per heavy atom. The second kappa shape index (κ2) is 5.41. The van der Waals surface area contributed by atoms with Crippen molar-refractivity contribution >= 4 is 0 Å². The van der Waals surface area contributed by atoms with Crippen molar-refractivity contribution < 1.29 is 4.52 Å². The van der Waals surface area contributed by atoms with Gasteiger partial charge in [-0.05, 0) is 51.6 Å². The van der Waals surface area contributed by atoms with E-state index in [-0.39, 0.29) is 0 Å². The van der Waals surface area contributed by atoms with Crippen LogP contribution in [-0.2, 0) is 6.54 Å². The van der Waals surface area contributed by atoms with Gasteiger partial charge >= 0.3 is 0 Å². The number of nitrogens with one attached hydrogen (secondary N) is 1. The zero-order valence-corrected chi connectivity index (χ0v) is 11.2. The van der Waals surface area contributed by atoms with Gasteiger partial charge in [0.2, 0.25) is 0 Å². The molecule has 0 spiro atoms. The Morgan fingerprint density at radius 3 is 2.94 bits per heavy atom. The van der Waals surface area contributed by atoms with Gasteiger partial charge in [-0.3, -0.25) is 4.90 Å². The minimum absolute atomic E-state index is 0.795. The van der Waals surface area contributed by atoms with Crippen molar-refractivity contribution in [3.8, 4) is 0 Å². The van der Waals surface area contributed by atoms with E-state index in [2.05, 4.69) is 21.4 Å². The van der Waals surface area contributed by atoms with E-state index in [1.165, 1.54) is 45.3 Å². The lowest BCUT2D eigenvalue weighted by Gasteiger charge is -2.29. The third kappa shape index (κ3) is 3.12. The number of aromatic nitrogens is 1. The standard InChI is InChI=1S/C14H23N3O/c1-11-7-13(16-18-11)10-17(14-4-5-14)9-12-3-2-6-15-8-12/h7,12,14-15H,2-6,8-10H2,1H3. The lowest BCUT2D eigenvalue weighted by Crippen LogP contribution is -2.39. The van der Waals surface area contributed by atoms with Crippen LogP contribution in [-0.4, -0.2) is 35.7 Å². The third-order valence-electron chi connectivity index (χ3n) is 4.00. The molecular formula is C14H23N3O. The smallest absolute Gasteiger partial charge is 0.133 e. The molecule has 0 bridgehead atoms. The van der Waals surface area contributed by atoms with Crippen molar-refractivity contribution in [3.05, 3.63) is 17.5 Å². The van der Waals surface area contributed by atoms with E-state index in [0.717, 1.165) is 30.0 Å². The van der Waals surface area contributed by atoms with Gasteiger partial charge in [0.05, 0.1) is 5.69 Å². The summed E-state index contributed by atoms with van der Waals surface area (Å²) >= 11 is 0. The summed E-state index contributed by atoms with van der Waals surface area (Å²) in [6, 6.07) is 2.86. The van der Waals surface area contributed by atoms with Gasteiger partial charge in [0, 0.05) is 25.2 Å². The van der Waals surface area contributed by atoms with Crippen LogP contribution in [0.3, 0.4) is 0 Å². The van der Waals surface area contributed by atoms with Gasteiger partial charge in [0.25, 0.3) is 0 Å². The topological polar surface area (TPSA) is 41.3 Å². The number of nitrogens with zero attached hydrogens (tertiary/aromatic N) is 2. The minimum atomic E-state index is 0.795. The van der Waals surface area contributed by atoms with Crippen molar-refractivity contribution in [2.75, 3.05) is 19.6 Å². The summed E-state index contributed by atoms with van der Waals surface area (Å²) in [6.07, 6.45) is 5.41. The third-order valence-corrected chi connectivity index (χ3v) is 4.00. The molecule has 2 aliphatic rings. The van der Waals surface area contributed by atoms with Gasteiger partial charge in [-0.25, -0.2) is 0 Å². The van der Waals surface area contributed by atoms with Crippen LogP contribution in [0.25, 0.3) is 0 Å². The summed E-state index contributed by atoms with van der Waals surface area (Å²) in [6.45, 7) is 6.51. The number of hydrogen-bond donors (Lipinski definition) is 1. The van der Waals surface area contributed by atoms with E-state index in [0.29, 0.717) is 0 Å². The maximum absolute atomic E-state index is 5.17. The van der Waals surface area contributed by atoms with Gasteiger partial charge in [-0.15, -0.1) is 0 Å². The summed E-state index contributed by atoms with van der Waals surface area (Å²) in [4.78, 5) is 2.61. The highest BCUT2D eigenvalue weighted by Crippen LogP contribution is 2.29. The molecule has 18 heavy (non-hydrogen) atoms. The van der Waals surface area contributed by atoms with Crippen LogP contribution in [0.5, 0.6) is 0 Å². The van der Waals surface area contributed by atoms with Crippen LogP contribution in [0.1, 0.15) is 37.1 Å². The summed E-state index contributed by atoms with van der Waals surface area (Å²) in [7, 11) is 0. The lowest BCUT2D eigenvalue weighted by molar-refractivity contribution is 0.188. The molecule has 2 heterocycles. The Labute approximate surface area is 109 Å². The summed E-state index contributed by atoms with van der Waals surface area (Å²) < 4.78 is 5.17. The largest absolute Gasteiger partial charge is 0.361 e. The first kappa shape index (κ1) is 12.2. The highest BCUT2D eigenvalue weighted by molar-refractivity contribution is 5.04. The molecule has 100 valence electrons. The maximum Gasteiger partial charge on any atom is 0.133 e. The fourth-order valence-corrected chi connectivity index (χ4v) is 2.89. The highest BCUT2D eigenvalue weighted by Gasteiger charge is 2.31. The molecule has 1 atom stereocenters. The molecule has 4 heteroatoms. The van der Waals surface area contributed by atoms with Crippen molar-refractivity contribution in [3.63, 3.8) is 0 Å². The molecular weight excluding hydrogens is 226 g/mol. The zero-order chi connectivity index (χ0) is 12.4. The fraction of sp³-hybridized carbons (Fsp3) is 0.786. The van der Waals surface area contributed by atoms with E-state index in [1.54, 1.807) is 0 Å². The van der Waals surface area contributed by atoms with Crippen LogP contribution in [0.2, 0.25) is 0 Å². The maximum atomic E-state index is 5.17. The normalized spacial score (nSPS) is 24.7. The Morgan fingerprint density at radius 2 is 2.33 bits per heavy atom. The van der Waals surface area contributed by atoms with Crippen LogP contribution < -0.4 is 5.32 Å². The number of rotatable bonds is 5. The van der Waals surface area contributed by atoms with E-state index >= 15 is 0 Å². The summed E-state index contributed by atoms with van der Waals surface area (Å²) in [5.74, 6) is 1.73. The van der Waals surface area contributed by atoms with E-state index in [4.69, 9.17) is 4.52 Å².